The number of rotatable bonds is 21. The third kappa shape index (κ3) is 12.4. The molecule has 0 aromatic heterocycles. The van der Waals surface area contributed by atoms with Crippen LogP contribution in [0.15, 0.2) is 146 Å². The van der Waals surface area contributed by atoms with Crippen molar-refractivity contribution in [3.63, 3.8) is 0 Å². The second kappa shape index (κ2) is 29.2. The zero-order valence-corrected chi connectivity index (χ0v) is 66.3. The molecule has 4 N–H and O–H groups in total. The van der Waals surface area contributed by atoms with Crippen molar-refractivity contribution in [1.29, 1.82) is 0 Å². The Bertz CT molecular complexity index is 4290. The number of amides is 8. The van der Waals surface area contributed by atoms with Gasteiger partial charge in [-0.1, -0.05) is 161 Å². The summed E-state index contributed by atoms with van der Waals surface area (Å²) in [4.78, 5) is 112. The summed E-state index contributed by atoms with van der Waals surface area (Å²) in [5.41, 5.74) is 11.3. The molecule has 10 atom stereocenters. The number of benzene rings is 6. The molecule has 12 fully saturated rings. The molecule has 0 saturated carbocycles. The fraction of sp³-hybridized carbons (Fsp3) is 0.421. The van der Waals surface area contributed by atoms with Gasteiger partial charge in [0, 0.05) is 82.1 Å². The summed E-state index contributed by atoms with van der Waals surface area (Å²) in [6, 6.07) is 48.4. The van der Waals surface area contributed by atoms with Gasteiger partial charge in [-0.2, -0.15) is 0 Å². The lowest BCUT2D eigenvalue weighted by Gasteiger charge is -2.58. The maximum atomic E-state index is 14.3. The Balaban J connectivity index is 0.000000196. The van der Waals surface area contributed by atoms with Crippen molar-refractivity contribution in [3.05, 3.63) is 207 Å². The number of hydrogen-bond acceptors (Lipinski definition) is 21. The largest absolute Gasteiger partial charge is 0.497 e. The zero-order valence-electron chi connectivity index (χ0n) is 59.8. The molecule has 0 aliphatic carbocycles. The second-order valence-corrected chi connectivity index (χ2v) is 39.4. The molecule has 18 rings (SSSR count). The van der Waals surface area contributed by atoms with Crippen molar-refractivity contribution in [3.8, 4) is 5.75 Å². The lowest BCUT2D eigenvalue weighted by molar-refractivity contribution is -0.165. The van der Waals surface area contributed by atoms with Crippen molar-refractivity contribution in [1.82, 2.24) is 39.2 Å². The number of methoxy groups -OCH3 is 1. The summed E-state index contributed by atoms with van der Waals surface area (Å²) >= 11 is 5.55. The molecule has 105 heavy (non-hydrogen) atoms. The minimum absolute atomic E-state index is 0.179. The van der Waals surface area contributed by atoms with Gasteiger partial charge in [-0.25, -0.2) is 0 Å². The summed E-state index contributed by atoms with van der Waals surface area (Å²) in [5.74, 6) is -1.16. The number of ether oxygens (including phenoxy) is 1. The van der Waals surface area contributed by atoms with E-state index in [1.807, 2.05) is 104 Å². The number of fused-ring (bicyclic) bond motifs is 14. The highest BCUT2D eigenvalue weighted by Crippen LogP contribution is 2.64. The molecule has 0 radical (unpaired) electrons. The van der Waals surface area contributed by atoms with E-state index in [9.17, 15) is 58.8 Å². The summed E-state index contributed by atoms with van der Waals surface area (Å²) in [7, 11) is 19.9. The molecule has 8 bridgehead atoms. The molecule has 10 unspecified atom stereocenters. The monoisotopic (exact) mass is 1570 g/mol. The van der Waals surface area contributed by atoms with Crippen LogP contribution in [0, 0.1) is 6.92 Å². The first kappa shape index (κ1) is 76.7. The zero-order chi connectivity index (χ0) is 75.1. The van der Waals surface area contributed by atoms with Crippen LogP contribution in [0.2, 0.25) is 0 Å². The first-order chi connectivity index (χ1) is 50.1. The SMILES string of the molecule is CN1C(=O)C2(Cc3ccc(CCc4ccc(CC56SSC(CO)(C(=O)N5C)N(C)C6=O)cc4)cc3)SSC1(CO)C(=O)N2C.COc1ccc(C2SC3(CO)C(=O)N(C)C(Cc4ccc(CCc5ccc(CC67SC(c8ccc(C)cc8)SC(CO)(C(=O)N6C)N(C)C7=O)cc5)cc4)(S2)C(=O)N3C)cc1. The summed E-state index contributed by atoms with van der Waals surface area (Å²) in [6.45, 7) is 0.188. The first-order valence-corrected chi connectivity index (χ1v) is 42.1. The first-order valence-electron chi connectivity index (χ1n) is 34.2. The number of carbonyl (C=O) groups excluding carboxylic acids is 8. The van der Waals surface area contributed by atoms with Crippen LogP contribution >= 0.6 is 90.2 Å². The highest BCUT2D eigenvalue weighted by molar-refractivity contribution is 8.78. The van der Waals surface area contributed by atoms with E-state index in [1.165, 1.54) is 120 Å². The summed E-state index contributed by atoms with van der Waals surface area (Å²) in [6.07, 6.45) is 4.53. The second-order valence-electron chi connectivity index (χ2n) is 27.9. The number of thioether (sulfide) groups is 4. The molecule has 12 aliphatic rings. The molecule has 0 spiro atoms. The van der Waals surface area contributed by atoms with E-state index in [1.54, 1.807) is 73.3 Å². The third-order valence-corrected chi connectivity index (χ3v) is 36.6. The van der Waals surface area contributed by atoms with Gasteiger partial charge >= 0.3 is 0 Å². The number of piperazine rings is 4. The van der Waals surface area contributed by atoms with Gasteiger partial charge < -0.3 is 64.4 Å². The Morgan fingerprint density at radius 3 is 0.800 bits per heavy atom. The van der Waals surface area contributed by atoms with Crippen molar-refractivity contribution in [2.45, 2.75) is 106 Å². The van der Waals surface area contributed by atoms with Crippen molar-refractivity contribution < 1.29 is 63.5 Å². The molecule has 6 aromatic rings. The van der Waals surface area contributed by atoms with E-state index in [0.717, 1.165) is 86.9 Å². The molecule has 8 amide bonds. The number of carbonyl (C=O) groups is 8. The van der Waals surface area contributed by atoms with Crippen LogP contribution < -0.4 is 4.74 Å². The lowest BCUT2D eigenvalue weighted by Crippen LogP contribution is -2.77. The maximum Gasteiger partial charge on any atom is 0.263 e. The molecule has 6 aromatic carbocycles. The minimum atomic E-state index is -1.43. The number of nitrogens with zero attached hydrogens (tertiary/aromatic N) is 8. The normalized spacial score (nSPS) is 29.9. The van der Waals surface area contributed by atoms with Crippen molar-refractivity contribution in [2.24, 2.45) is 0 Å². The Labute approximate surface area is 644 Å². The number of likely N-dealkylation sites (N-methyl/N-ethyl adjacent to an activating group) is 8. The Kier molecular flexibility index (Phi) is 21.3. The third-order valence-electron chi connectivity index (χ3n) is 22.2. The summed E-state index contributed by atoms with van der Waals surface area (Å²) in [5, 5.41) is 41.1. The Morgan fingerprint density at radius 2 is 0.505 bits per heavy atom. The molecule has 12 aliphatic heterocycles. The van der Waals surface area contributed by atoms with Gasteiger partial charge in [-0.15, -0.1) is 47.0 Å². The molecular weight excluding hydrogens is 1490 g/mol. The predicted octanol–water partition coefficient (Wildman–Crippen LogP) is 7.84. The Morgan fingerprint density at radius 1 is 0.295 bits per heavy atom. The quantitative estimate of drug-likeness (QED) is 0.0501. The fourth-order valence-corrected chi connectivity index (χ4v) is 29.6. The fourth-order valence-electron chi connectivity index (χ4n) is 14.9. The van der Waals surface area contributed by atoms with Crippen LogP contribution in [-0.2, 0) is 89.7 Å². The maximum absolute atomic E-state index is 14.3. The van der Waals surface area contributed by atoms with E-state index in [4.69, 9.17) is 4.74 Å². The lowest BCUT2D eigenvalue weighted by atomic mass is 9.95. The van der Waals surface area contributed by atoms with E-state index >= 15 is 0 Å². The topological polar surface area (TPSA) is 253 Å². The highest BCUT2D eigenvalue weighted by atomic mass is 33.1. The van der Waals surface area contributed by atoms with Crippen LogP contribution in [0.3, 0.4) is 0 Å². The summed E-state index contributed by atoms with van der Waals surface area (Å²) < 4.78 is 4.79. The van der Waals surface area contributed by atoms with Crippen molar-refractivity contribution >= 4 is 137 Å². The van der Waals surface area contributed by atoms with Crippen LogP contribution in [0.25, 0.3) is 0 Å². The molecule has 21 nitrogen and oxygen atoms in total. The van der Waals surface area contributed by atoms with Gasteiger partial charge in [-0.05, 0) is 122 Å². The smallest absolute Gasteiger partial charge is 0.263 e. The van der Waals surface area contributed by atoms with E-state index < -0.39 is 65.4 Å². The van der Waals surface area contributed by atoms with Gasteiger partial charge in [-0.3, -0.25) is 38.4 Å². The van der Waals surface area contributed by atoms with Gasteiger partial charge in [0.05, 0.1) is 42.7 Å². The van der Waals surface area contributed by atoms with Crippen molar-refractivity contribution in [2.75, 3.05) is 89.9 Å². The average Bonchev–Trinajstić information content (AvgIpc) is 0.761. The number of aliphatic hydroxyl groups excluding tert-OH is 4. The number of aryl methyl sites for hydroxylation is 5. The molecular formula is C76H84N8O13S8. The van der Waals surface area contributed by atoms with E-state index in [0.29, 0.717) is 31.4 Å². The molecule has 29 heteroatoms. The molecule has 12 saturated heterocycles. The number of aliphatic hydroxyl groups is 4. The van der Waals surface area contributed by atoms with Crippen LogP contribution in [0.5, 0.6) is 5.75 Å². The Hall–Kier alpha value is -6.48. The van der Waals surface area contributed by atoms with Gasteiger partial charge in [0.1, 0.15) is 5.75 Å². The number of hydrogen-bond donors (Lipinski definition) is 4. The predicted molar refractivity (Wildman–Crippen MR) is 418 cm³/mol. The molecule has 554 valence electrons. The van der Waals surface area contributed by atoms with Crippen LogP contribution in [-0.4, -0.2) is 236 Å². The van der Waals surface area contributed by atoms with Gasteiger partial charge in [0.25, 0.3) is 47.3 Å². The highest BCUT2D eigenvalue weighted by Gasteiger charge is 2.71. The standard InChI is InChI=1S/C46H50N4O7S4.C30H34N4O6S4/c1-29-7-19-34(20-8-29)37-58-43(39(53)49(4)45(27-51,60-37)41(55)47(43)2)25-32-15-11-30(12-16-32)9-10-31-13-17-33(18-14-31)26-44-40(54)50(5)46(28-52,42(56)48(44)3)61-38(59-44)35-21-23-36(57-6)24-22-35;1-31-25(39)29(17-35)33(3)23(37)27(31,41-43-29)15-21-11-7-19(8-12-21)5-6-20-9-13-22(14-10-20)16-28-24(38)34(4)30(18-36,44-42-28)26(40)32(28)2/h7-8,11-24,37-38,51-52H,9-10,25-28H2,1-6H3;7-14,35-36H,5-6,15-18H2,1-4H3. The van der Waals surface area contributed by atoms with E-state index in [2.05, 4.69) is 48.5 Å². The average molecular weight is 1570 g/mol. The molecule has 12 heterocycles. The van der Waals surface area contributed by atoms with E-state index in [-0.39, 0.29) is 56.4 Å². The van der Waals surface area contributed by atoms with Crippen LogP contribution in [0.1, 0.15) is 70.4 Å². The minimum Gasteiger partial charge on any atom is -0.497 e. The van der Waals surface area contributed by atoms with Gasteiger partial charge in [0.2, 0.25) is 9.74 Å². The van der Waals surface area contributed by atoms with Gasteiger partial charge in [0.15, 0.2) is 29.2 Å². The van der Waals surface area contributed by atoms with Crippen LogP contribution in [0.4, 0.5) is 0 Å².